The molecule has 0 N–H and O–H groups in total. The molecule has 2 bridgehead atoms. The van der Waals surface area contributed by atoms with Crippen LogP contribution in [0.15, 0.2) is 53.6 Å². The lowest BCUT2D eigenvalue weighted by molar-refractivity contribution is -0.112. The summed E-state index contributed by atoms with van der Waals surface area (Å²) in [6.07, 6.45) is 10.1. The zero-order valence-electron chi connectivity index (χ0n) is 11.2. The molecule has 1 aromatic carbocycles. The average molecular weight is 283 g/mol. The van der Waals surface area contributed by atoms with Crippen LogP contribution < -0.4 is 0 Å². The van der Waals surface area contributed by atoms with Crippen molar-refractivity contribution < 1.29 is 4.79 Å². The van der Waals surface area contributed by atoms with E-state index in [4.69, 9.17) is 11.6 Å². The Labute approximate surface area is 123 Å². The maximum absolute atomic E-state index is 11.7. The van der Waals surface area contributed by atoms with Crippen molar-refractivity contribution >= 4 is 22.4 Å². The third kappa shape index (κ3) is 1.47. The lowest BCUT2D eigenvalue weighted by atomic mass is 9.55. The van der Waals surface area contributed by atoms with Gasteiger partial charge in [0.05, 0.1) is 0 Å². The zero-order valence-corrected chi connectivity index (χ0v) is 11.9. The van der Waals surface area contributed by atoms with Gasteiger partial charge in [0, 0.05) is 11.8 Å². The van der Waals surface area contributed by atoms with E-state index in [2.05, 4.69) is 42.5 Å². The van der Waals surface area contributed by atoms with E-state index in [1.165, 1.54) is 27.8 Å². The van der Waals surface area contributed by atoms with Crippen molar-refractivity contribution in [3.05, 3.63) is 64.8 Å². The van der Waals surface area contributed by atoms with E-state index >= 15 is 0 Å². The normalized spacial score (nSPS) is 26.1. The van der Waals surface area contributed by atoms with Crippen molar-refractivity contribution in [2.24, 2.45) is 0 Å². The maximum Gasteiger partial charge on any atom is 0.222 e. The Morgan fingerprint density at radius 1 is 1.30 bits per heavy atom. The number of hydrogen-bond acceptors (Lipinski definition) is 1. The standard InChI is InChI=1S/C18H15ClO/c19-17(20)11-18-10-9-12(13-5-1-3-7-15(13)18)14-6-2-4-8-16(14)18/h1-3,5-8H,4,9-11H2. The molecule has 2 heteroatoms. The second-order valence-corrected chi connectivity index (χ2v) is 6.23. The predicted octanol–water partition coefficient (Wildman–Crippen LogP) is 4.53. The van der Waals surface area contributed by atoms with Crippen LogP contribution in [0.1, 0.15) is 36.8 Å². The van der Waals surface area contributed by atoms with Gasteiger partial charge in [-0.05, 0) is 58.7 Å². The molecule has 1 atom stereocenters. The summed E-state index contributed by atoms with van der Waals surface area (Å²) >= 11 is 5.79. The van der Waals surface area contributed by atoms with Gasteiger partial charge in [0.25, 0.3) is 0 Å². The quantitative estimate of drug-likeness (QED) is 0.729. The van der Waals surface area contributed by atoms with Gasteiger partial charge >= 0.3 is 0 Å². The van der Waals surface area contributed by atoms with E-state index in [0.29, 0.717) is 6.42 Å². The Bertz CT molecular complexity index is 708. The van der Waals surface area contributed by atoms with E-state index < -0.39 is 0 Å². The Hall–Kier alpha value is -1.60. The second-order valence-electron chi connectivity index (χ2n) is 5.81. The molecular formula is C18H15ClO. The van der Waals surface area contributed by atoms with Gasteiger partial charge in [-0.1, -0.05) is 42.5 Å². The van der Waals surface area contributed by atoms with Crippen molar-refractivity contribution in [1.29, 1.82) is 0 Å². The molecule has 0 fully saturated rings. The molecule has 4 aliphatic rings. The first-order valence-corrected chi connectivity index (χ1v) is 7.49. The van der Waals surface area contributed by atoms with Crippen LogP contribution in [-0.2, 0) is 10.2 Å². The molecule has 0 aromatic heterocycles. The molecule has 0 spiro atoms. The molecule has 5 rings (SSSR count). The van der Waals surface area contributed by atoms with E-state index in [1.807, 2.05) is 0 Å². The molecule has 1 unspecified atom stereocenters. The highest BCUT2D eigenvalue weighted by Crippen LogP contribution is 2.58. The van der Waals surface area contributed by atoms with Gasteiger partial charge in [-0.3, -0.25) is 4.79 Å². The highest BCUT2D eigenvalue weighted by Gasteiger charge is 2.47. The second kappa shape index (κ2) is 4.20. The molecule has 1 aromatic rings. The number of fused-ring (bicyclic) bond motifs is 1. The molecule has 0 saturated heterocycles. The first-order valence-electron chi connectivity index (χ1n) is 7.11. The molecule has 0 heterocycles. The van der Waals surface area contributed by atoms with Gasteiger partial charge in [0.1, 0.15) is 0 Å². The molecule has 4 aliphatic carbocycles. The number of benzene rings is 1. The number of hydrogen-bond donors (Lipinski definition) is 0. The third-order valence-corrected chi connectivity index (χ3v) is 5.02. The van der Waals surface area contributed by atoms with E-state index in [-0.39, 0.29) is 10.7 Å². The monoisotopic (exact) mass is 282 g/mol. The van der Waals surface area contributed by atoms with Gasteiger partial charge in [0.2, 0.25) is 5.24 Å². The summed E-state index contributed by atoms with van der Waals surface area (Å²) in [5.74, 6) is 0. The fourth-order valence-electron chi connectivity index (χ4n) is 4.13. The fourth-order valence-corrected chi connectivity index (χ4v) is 4.36. The van der Waals surface area contributed by atoms with Crippen LogP contribution >= 0.6 is 11.6 Å². The molecule has 100 valence electrons. The van der Waals surface area contributed by atoms with Crippen molar-refractivity contribution in [2.45, 2.75) is 31.1 Å². The van der Waals surface area contributed by atoms with Crippen LogP contribution in [0.3, 0.4) is 0 Å². The first kappa shape index (κ1) is 12.2. The number of rotatable bonds is 2. The molecule has 0 amide bonds. The third-order valence-electron chi connectivity index (χ3n) is 4.88. The lowest BCUT2D eigenvalue weighted by Gasteiger charge is -2.48. The Kier molecular flexibility index (Phi) is 2.55. The predicted molar refractivity (Wildman–Crippen MR) is 81.6 cm³/mol. The Morgan fingerprint density at radius 2 is 2.15 bits per heavy atom. The van der Waals surface area contributed by atoms with Gasteiger partial charge in [-0.15, -0.1) is 0 Å². The Balaban J connectivity index is 2.05. The fraction of sp³-hybridized carbons (Fsp3) is 0.278. The van der Waals surface area contributed by atoms with Gasteiger partial charge in [0.15, 0.2) is 0 Å². The van der Waals surface area contributed by atoms with Crippen LogP contribution in [0, 0.1) is 0 Å². The number of carbonyl (C=O) groups is 1. The summed E-state index contributed by atoms with van der Waals surface area (Å²) in [4.78, 5) is 11.7. The van der Waals surface area contributed by atoms with Gasteiger partial charge in [-0.2, -0.15) is 0 Å². The van der Waals surface area contributed by atoms with Crippen LogP contribution in [-0.4, -0.2) is 5.24 Å². The van der Waals surface area contributed by atoms with Crippen molar-refractivity contribution in [3.8, 4) is 0 Å². The summed E-state index contributed by atoms with van der Waals surface area (Å²) < 4.78 is 0. The summed E-state index contributed by atoms with van der Waals surface area (Å²) in [7, 11) is 0. The topological polar surface area (TPSA) is 17.1 Å². The highest BCUT2D eigenvalue weighted by molar-refractivity contribution is 6.63. The first-order chi connectivity index (χ1) is 9.72. The smallest absolute Gasteiger partial charge is 0.222 e. The van der Waals surface area contributed by atoms with E-state index in [9.17, 15) is 4.79 Å². The van der Waals surface area contributed by atoms with E-state index in [1.54, 1.807) is 0 Å². The molecular weight excluding hydrogens is 268 g/mol. The van der Waals surface area contributed by atoms with Crippen molar-refractivity contribution in [2.75, 3.05) is 0 Å². The maximum atomic E-state index is 11.7. The number of halogens is 1. The van der Waals surface area contributed by atoms with Crippen molar-refractivity contribution in [1.82, 2.24) is 0 Å². The summed E-state index contributed by atoms with van der Waals surface area (Å²) in [6.45, 7) is 0. The molecule has 20 heavy (non-hydrogen) atoms. The summed E-state index contributed by atoms with van der Waals surface area (Å²) in [5.41, 5.74) is 6.51. The largest absolute Gasteiger partial charge is 0.281 e. The van der Waals surface area contributed by atoms with Gasteiger partial charge < -0.3 is 0 Å². The minimum absolute atomic E-state index is 0.197. The van der Waals surface area contributed by atoms with Gasteiger partial charge in [-0.25, -0.2) is 0 Å². The zero-order chi connectivity index (χ0) is 13.7. The van der Waals surface area contributed by atoms with Crippen LogP contribution in [0.2, 0.25) is 0 Å². The van der Waals surface area contributed by atoms with Crippen LogP contribution in [0.4, 0.5) is 0 Å². The minimum Gasteiger partial charge on any atom is -0.281 e. The Morgan fingerprint density at radius 3 is 3.00 bits per heavy atom. The molecule has 1 nitrogen and oxygen atoms in total. The van der Waals surface area contributed by atoms with Crippen molar-refractivity contribution in [3.63, 3.8) is 0 Å². The average Bonchev–Trinajstić information content (AvgIpc) is 2.48. The number of carbonyl (C=O) groups excluding carboxylic acids is 1. The molecule has 0 saturated carbocycles. The molecule has 0 radical (unpaired) electrons. The summed E-state index contributed by atoms with van der Waals surface area (Å²) in [6, 6.07) is 8.51. The van der Waals surface area contributed by atoms with E-state index in [0.717, 1.165) is 19.3 Å². The lowest BCUT2D eigenvalue weighted by Crippen LogP contribution is -2.39. The summed E-state index contributed by atoms with van der Waals surface area (Å²) in [5, 5.41) is -0.236. The number of allylic oxidation sites excluding steroid dienone is 6. The van der Waals surface area contributed by atoms with Crippen LogP contribution in [0.25, 0.3) is 5.57 Å². The highest BCUT2D eigenvalue weighted by atomic mass is 35.5. The van der Waals surface area contributed by atoms with Crippen LogP contribution in [0.5, 0.6) is 0 Å². The minimum atomic E-state index is -0.236. The molecule has 0 aliphatic heterocycles. The SMILES string of the molecule is O=C(Cl)CC12CCC(=C3C=CCC=C31)c1ccccc12.